The molecule has 0 radical (unpaired) electrons. The summed E-state index contributed by atoms with van der Waals surface area (Å²) in [5.41, 5.74) is 0.0643. The fourth-order valence-electron chi connectivity index (χ4n) is 6.99. The Morgan fingerprint density at radius 2 is 1.95 bits per heavy atom. The minimum Gasteiger partial charge on any atom is -0.493 e. The topological polar surface area (TPSA) is 178 Å². The first-order valence-electron chi connectivity index (χ1n) is 13.8. The molecule has 4 aliphatic rings. The van der Waals surface area contributed by atoms with E-state index in [1.165, 1.54) is 13.8 Å². The Morgan fingerprint density at radius 3 is 2.63 bits per heavy atom. The normalized spacial score (nSPS) is 29.0. The number of hydrogen-bond acceptors (Lipinski definition) is 10. The molecular formula is C29H35NO11. The van der Waals surface area contributed by atoms with Crippen molar-refractivity contribution in [1.29, 1.82) is 0 Å². The first-order chi connectivity index (χ1) is 19.4. The van der Waals surface area contributed by atoms with Crippen molar-refractivity contribution in [3.63, 3.8) is 0 Å². The zero-order valence-electron chi connectivity index (χ0n) is 23.2. The third-order valence-corrected chi connectivity index (χ3v) is 8.94. The molecule has 1 aromatic rings. The van der Waals surface area contributed by atoms with Crippen LogP contribution < -0.4 is 14.8 Å². The number of aliphatic hydroxyl groups excluding tert-OH is 1. The Morgan fingerprint density at radius 1 is 1.20 bits per heavy atom. The van der Waals surface area contributed by atoms with Crippen LogP contribution in [0.1, 0.15) is 63.5 Å². The number of carbonyl (C=O) groups excluding carboxylic acids is 3. The summed E-state index contributed by atoms with van der Waals surface area (Å²) in [7, 11) is 1.54. The van der Waals surface area contributed by atoms with Crippen LogP contribution in [0.25, 0.3) is 0 Å². The fourth-order valence-corrected chi connectivity index (χ4v) is 6.99. The van der Waals surface area contributed by atoms with Crippen LogP contribution >= 0.6 is 0 Å². The van der Waals surface area contributed by atoms with Gasteiger partial charge < -0.3 is 39.6 Å². The van der Waals surface area contributed by atoms with Gasteiger partial charge in [0.25, 0.3) is 0 Å². The summed E-state index contributed by atoms with van der Waals surface area (Å²) in [5, 5.41) is 32.9. The van der Waals surface area contributed by atoms with E-state index in [1.54, 1.807) is 13.2 Å². The predicted molar refractivity (Wildman–Crippen MR) is 140 cm³/mol. The average molecular weight is 574 g/mol. The molecule has 1 heterocycles. The first-order valence-corrected chi connectivity index (χ1v) is 13.8. The average Bonchev–Trinajstić information content (AvgIpc) is 3.27. The van der Waals surface area contributed by atoms with E-state index < -0.39 is 65.6 Å². The summed E-state index contributed by atoms with van der Waals surface area (Å²) in [4.78, 5) is 48.9. The molecule has 1 fully saturated rings. The van der Waals surface area contributed by atoms with Crippen molar-refractivity contribution in [2.75, 3.05) is 7.11 Å². The maximum Gasteiger partial charge on any atom is 0.352 e. The van der Waals surface area contributed by atoms with E-state index in [0.717, 1.165) is 24.0 Å². The minimum atomic E-state index is -1.44. The molecule has 5 rings (SSSR count). The van der Waals surface area contributed by atoms with Gasteiger partial charge in [-0.05, 0) is 69.6 Å². The second-order valence-electron chi connectivity index (χ2n) is 11.3. The van der Waals surface area contributed by atoms with Crippen molar-refractivity contribution in [3.8, 4) is 11.5 Å². The zero-order valence-corrected chi connectivity index (χ0v) is 23.2. The number of carboxylic acids is 1. The number of aliphatic carboxylic acids is 1. The number of aliphatic hydroxyl groups is 2. The highest BCUT2D eigenvalue weighted by atomic mass is 16.6. The zero-order chi connectivity index (χ0) is 29.7. The Balaban J connectivity index is 1.36. The van der Waals surface area contributed by atoms with E-state index >= 15 is 0 Å². The van der Waals surface area contributed by atoms with Crippen molar-refractivity contribution < 1.29 is 53.4 Å². The summed E-state index contributed by atoms with van der Waals surface area (Å²) in [6.45, 7) is 2.49. The molecular weight excluding hydrogens is 538 g/mol. The number of ether oxygens (including phenoxy) is 4. The Hall–Kier alpha value is -3.64. The van der Waals surface area contributed by atoms with E-state index in [1.807, 2.05) is 12.1 Å². The molecule has 41 heavy (non-hydrogen) atoms. The van der Waals surface area contributed by atoms with Crippen molar-refractivity contribution in [2.24, 2.45) is 5.92 Å². The number of benzene rings is 1. The Labute approximate surface area is 236 Å². The van der Waals surface area contributed by atoms with Gasteiger partial charge in [-0.15, -0.1) is 0 Å². The summed E-state index contributed by atoms with van der Waals surface area (Å²) in [5.74, 6) is -2.75. The highest BCUT2D eigenvalue weighted by Gasteiger charge is 2.71. The SMILES string of the molecule is COc1ccc2c3c1O[C@H]1C(OC(=O)[C@H](C)OC(=O)[C@H](CCC(=O)O)NC(=O)[C@H](C)O)=CC[C@@]4(O)[C@H](CCC[C@]314)C2. The van der Waals surface area contributed by atoms with Gasteiger partial charge in [-0.1, -0.05) is 12.5 Å². The highest BCUT2D eigenvalue weighted by molar-refractivity contribution is 5.88. The molecule has 1 spiro atoms. The number of nitrogens with one attached hydrogen (secondary N) is 1. The number of esters is 2. The van der Waals surface area contributed by atoms with Gasteiger partial charge in [0.05, 0.1) is 18.1 Å². The van der Waals surface area contributed by atoms with Crippen LogP contribution in [-0.2, 0) is 40.5 Å². The van der Waals surface area contributed by atoms with Gasteiger partial charge in [-0.25, -0.2) is 9.59 Å². The lowest BCUT2D eigenvalue weighted by atomic mass is 9.47. The molecule has 2 bridgehead atoms. The summed E-state index contributed by atoms with van der Waals surface area (Å²) in [6.07, 6.45) is 0.585. The molecule has 4 N–H and O–H groups in total. The molecule has 1 amide bonds. The molecule has 12 nitrogen and oxygen atoms in total. The van der Waals surface area contributed by atoms with Crippen molar-refractivity contribution >= 4 is 23.8 Å². The Kier molecular flexibility index (Phi) is 7.49. The number of hydrogen-bond donors (Lipinski definition) is 4. The molecule has 12 heteroatoms. The molecule has 3 aliphatic carbocycles. The van der Waals surface area contributed by atoms with Crippen LogP contribution in [0, 0.1) is 5.92 Å². The van der Waals surface area contributed by atoms with Gasteiger partial charge in [-0.2, -0.15) is 0 Å². The third kappa shape index (κ3) is 4.62. The molecule has 222 valence electrons. The van der Waals surface area contributed by atoms with Crippen LogP contribution in [0.2, 0.25) is 0 Å². The number of carboxylic acid groups (broad SMARTS) is 1. The molecule has 1 aromatic carbocycles. The monoisotopic (exact) mass is 573 g/mol. The maximum absolute atomic E-state index is 13.2. The van der Waals surface area contributed by atoms with Gasteiger partial charge in [0.15, 0.2) is 23.7 Å². The van der Waals surface area contributed by atoms with Crippen LogP contribution in [0.5, 0.6) is 11.5 Å². The first kappa shape index (κ1) is 28.9. The second kappa shape index (κ2) is 10.6. The van der Waals surface area contributed by atoms with E-state index in [9.17, 15) is 29.4 Å². The smallest absolute Gasteiger partial charge is 0.352 e. The van der Waals surface area contributed by atoms with Crippen LogP contribution in [0.3, 0.4) is 0 Å². The van der Waals surface area contributed by atoms with Crippen molar-refractivity contribution in [3.05, 3.63) is 35.1 Å². The third-order valence-electron chi connectivity index (χ3n) is 8.94. The van der Waals surface area contributed by atoms with Gasteiger partial charge in [0.2, 0.25) is 5.91 Å². The number of carbonyl (C=O) groups is 4. The standard InChI is InChI=1S/C29H35NO11/c1-14(31)25(34)30-18(7-9-21(32)33)27(36)39-15(2)26(35)40-20-10-12-29(37)17-5-4-11-28(29)22-16(13-17)6-8-19(38-3)23(22)41-24(20)28/h6,8,10,14-15,17-18,24,31,37H,4-5,7,9,11-13H2,1-3H3,(H,30,34)(H,32,33)/t14-,15-,17+,18-,24-,28-,29+/m0/s1. The molecule has 0 unspecified atom stereocenters. The second-order valence-corrected chi connectivity index (χ2v) is 11.3. The van der Waals surface area contributed by atoms with Crippen molar-refractivity contribution in [2.45, 2.75) is 94.2 Å². The molecule has 1 aliphatic heterocycles. The lowest BCUT2D eigenvalue weighted by molar-refractivity contribution is -0.172. The predicted octanol–water partition coefficient (Wildman–Crippen LogP) is 1.27. The minimum absolute atomic E-state index is 0.0159. The summed E-state index contributed by atoms with van der Waals surface area (Å²) >= 11 is 0. The number of amides is 1. The van der Waals surface area contributed by atoms with E-state index in [4.69, 9.17) is 24.1 Å². The van der Waals surface area contributed by atoms with Gasteiger partial charge in [0.1, 0.15) is 17.9 Å². The van der Waals surface area contributed by atoms with Crippen LogP contribution in [0.15, 0.2) is 24.0 Å². The molecule has 1 saturated carbocycles. The molecule has 0 aromatic heterocycles. The van der Waals surface area contributed by atoms with Gasteiger partial charge in [-0.3, -0.25) is 9.59 Å². The maximum atomic E-state index is 13.2. The lowest BCUT2D eigenvalue weighted by Gasteiger charge is -2.59. The van der Waals surface area contributed by atoms with E-state index in [2.05, 4.69) is 5.32 Å². The number of rotatable bonds is 10. The number of methoxy groups -OCH3 is 1. The van der Waals surface area contributed by atoms with Gasteiger partial charge in [0, 0.05) is 12.0 Å². The van der Waals surface area contributed by atoms with Gasteiger partial charge >= 0.3 is 17.9 Å². The molecule has 0 saturated heterocycles. The highest BCUT2D eigenvalue weighted by Crippen LogP contribution is 2.67. The van der Waals surface area contributed by atoms with E-state index in [0.29, 0.717) is 24.3 Å². The largest absolute Gasteiger partial charge is 0.493 e. The van der Waals surface area contributed by atoms with Crippen molar-refractivity contribution in [1.82, 2.24) is 5.32 Å². The quantitative estimate of drug-likeness (QED) is 0.296. The summed E-state index contributed by atoms with van der Waals surface area (Å²) < 4.78 is 23.0. The molecule has 7 atom stereocenters. The van der Waals surface area contributed by atoms with E-state index in [-0.39, 0.29) is 24.5 Å². The van der Waals surface area contributed by atoms with Crippen LogP contribution in [-0.4, -0.2) is 76.2 Å². The lowest BCUT2D eigenvalue weighted by Crippen LogP contribution is -2.67. The fraction of sp³-hybridized carbons (Fsp3) is 0.586. The Bertz CT molecular complexity index is 1310. The summed E-state index contributed by atoms with van der Waals surface area (Å²) in [6, 6.07) is 2.45. The van der Waals surface area contributed by atoms with Crippen LogP contribution in [0.4, 0.5) is 0 Å².